The van der Waals surface area contributed by atoms with E-state index < -0.39 is 19.0 Å². The van der Waals surface area contributed by atoms with Crippen LogP contribution in [0.2, 0.25) is 0 Å². The number of hydrogen-bond acceptors (Lipinski definition) is 3. The average Bonchev–Trinajstić information content (AvgIpc) is 2.44. The molecular weight excluding hydrogens is 290 g/mol. The minimum Gasteiger partial charge on any atom is -0.459 e. The van der Waals surface area contributed by atoms with Gasteiger partial charge in [0.2, 0.25) is 0 Å². The molecule has 0 aliphatic heterocycles. The van der Waals surface area contributed by atoms with Crippen LogP contribution in [0.3, 0.4) is 0 Å². The lowest BCUT2D eigenvalue weighted by Gasteiger charge is -2.58. The molecule has 0 aromatic rings. The summed E-state index contributed by atoms with van der Waals surface area (Å²) in [5, 5.41) is 0. The van der Waals surface area contributed by atoms with Gasteiger partial charge in [0.25, 0.3) is 6.43 Å². The summed E-state index contributed by atoms with van der Waals surface area (Å²) in [6.45, 7) is 2.18. The second-order valence-corrected chi connectivity index (χ2v) is 7.40. The molecule has 3 nitrogen and oxygen atoms in total. The van der Waals surface area contributed by atoms with Crippen LogP contribution in [0, 0.1) is 23.7 Å². The first-order valence-electron chi connectivity index (χ1n) is 8.62. The molecule has 4 fully saturated rings. The maximum Gasteiger partial charge on any atom is 0.309 e. The van der Waals surface area contributed by atoms with Crippen LogP contribution in [0.25, 0.3) is 0 Å². The molecule has 4 aliphatic rings. The van der Waals surface area contributed by atoms with E-state index >= 15 is 0 Å². The van der Waals surface area contributed by atoms with Crippen molar-refractivity contribution in [3.8, 4) is 0 Å². The summed E-state index contributed by atoms with van der Waals surface area (Å²) in [5.41, 5.74) is -0.0504. The van der Waals surface area contributed by atoms with Crippen LogP contribution in [0.5, 0.6) is 0 Å². The van der Waals surface area contributed by atoms with Gasteiger partial charge in [-0.25, -0.2) is 8.78 Å². The molecule has 22 heavy (non-hydrogen) atoms. The smallest absolute Gasteiger partial charge is 0.309 e. The van der Waals surface area contributed by atoms with E-state index in [1.165, 1.54) is 0 Å². The Morgan fingerprint density at radius 1 is 1.23 bits per heavy atom. The van der Waals surface area contributed by atoms with Gasteiger partial charge in [-0.3, -0.25) is 4.79 Å². The zero-order valence-electron chi connectivity index (χ0n) is 13.2. The van der Waals surface area contributed by atoms with Gasteiger partial charge >= 0.3 is 5.97 Å². The van der Waals surface area contributed by atoms with Crippen LogP contribution >= 0.6 is 0 Å². The van der Waals surface area contributed by atoms with Crippen LogP contribution in [0.4, 0.5) is 8.78 Å². The Balaban J connectivity index is 1.63. The summed E-state index contributed by atoms with van der Waals surface area (Å²) in [6.07, 6.45) is 4.59. The molecule has 4 aliphatic carbocycles. The van der Waals surface area contributed by atoms with E-state index in [0.717, 1.165) is 51.6 Å². The number of ether oxygens (including phenoxy) is 2. The lowest BCUT2D eigenvalue weighted by molar-refractivity contribution is -0.198. The highest BCUT2D eigenvalue weighted by Gasteiger charge is 2.58. The Morgan fingerprint density at radius 2 is 1.91 bits per heavy atom. The number of rotatable bonds is 7. The number of unbranched alkanes of at least 4 members (excludes halogenated alkanes) is 1. The summed E-state index contributed by atoms with van der Waals surface area (Å²) in [7, 11) is 0. The summed E-state index contributed by atoms with van der Waals surface area (Å²) in [6, 6.07) is 0. The van der Waals surface area contributed by atoms with E-state index in [1.54, 1.807) is 0 Å². The summed E-state index contributed by atoms with van der Waals surface area (Å²) in [4.78, 5) is 12.2. The van der Waals surface area contributed by atoms with Gasteiger partial charge in [-0.2, -0.15) is 0 Å². The predicted octanol–water partition coefficient (Wildman–Crippen LogP) is 3.81. The molecule has 4 rings (SSSR count). The van der Waals surface area contributed by atoms with Crippen molar-refractivity contribution in [1.29, 1.82) is 0 Å². The summed E-state index contributed by atoms with van der Waals surface area (Å²) in [5.74, 6) is 0.574. The van der Waals surface area contributed by atoms with E-state index in [1.807, 2.05) is 0 Å². The number of alkyl halides is 2. The first kappa shape index (κ1) is 16.2. The van der Waals surface area contributed by atoms with Gasteiger partial charge in [-0.1, -0.05) is 13.3 Å². The van der Waals surface area contributed by atoms with Crippen molar-refractivity contribution >= 4 is 5.97 Å². The van der Waals surface area contributed by atoms with Crippen LogP contribution in [-0.2, 0) is 14.3 Å². The molecule has 126 valence electrons. The summed E-state index contributed by atoms with van der Waals surface area (Å²) < 4.78 is 35.6. The third kappa shape index (κ3) is 3.15. The van der Waals surface area contributed by atoms with Crippen LogP contribution < -0.4 is 0 Å². The third-order valence-electron chi connectivity index (χ3n) is 5.75. The van der Waals surface area contributed by atoms with E-state index in [-0.39, 0.29) is 23.4 Å². The molecule has 0 aromatic carbocycles. The van der Waals surface area contributed by atoms with Gasteiger partial charge in [-0.15, -0.1) is 0 Å². The molecule has 5 heteroatoms. The van der Waals surface area contributed by atoms with Gasteiger partial charge < -0.3 is 9.47 Å². The summed E-state index contributed by atoms with van der Waals surface area (Å²) >= 11 is 0. The highest BCUT2D eigenvalue weighted by molar-refractivity contribution is 5.73. The molecule has 2 atom stereocenters. The van der Waals surface area contributed by atoms with Crippen molar-refractivity contribution < 1.29 is 23.0 Å². The standard InChI is InChI=1S/C17H26F2O3/c1-2-3-4-22-17-7-11-5-12(8-17)15(13(6-11)9-17)16(20)21-10-14(18)19/h11-15H,2-10H2,1H3. The Bertz CT molecular complexity index is 397. The fourth-order valence-corrected chi connectivity index (χ4v) is 5.19. The van der Waals surface area contributed by atoms with Crippen molar-refractivity contribution in [2.75, 3.05) is 13.2 Å². The van der Waals surface area contributed by atoms with Gasteiger partial charge in [0.05, 0.1) is 11.5 Å². The van der Waals surface area contributed by atoms with Gasteiger partial charge in [0.15, 0.2) is 6.61 Å². The number of halogens is 2. The zero-order valence-corrected chi connectivity index (χ0v) is 13.2. The van der Waals surface area contributed by atoms with E-state index in [4.69, 9.17) is 9.47 Å². The molecule has 2 unspecified atom stereocenters. The van der Waals surface area contributed by atoms with E-state index in [0.29, 0.717) is 5.92 Å². The van der Waals surface area contributed by atoms with E-state index in [9.17, 15) is 13.6 Å². The zero-order chi connectivity index (χ0) is 15.7. The monoisotopic (exact) mass is 316 g/mol. The van der Waals surface area contributed by atoms with Gasteiger partial charge in [0, 0.05) is 6.61 Å². The molecule has 4 saturated carbocycles. The molecule has 0 N–H and O–H groups in total. The molecule has 0 radical (unpaired) electrons. The SMILES string of the molecule is CCCCOC12CC3CC(C1)C(C(=O)OCC(F)F)C(C3)C2. The number of carbonyl (C=O) groups excluding carboxylic acids is 1. The number of carbonyl (C=O) groups is 1. The first-order chi connectivity index (χ1) is 10.5. The fourth-order valence-electron chi connectivity index (χ4n) is 5.19. The lowest BCUT2D eigenvalue weighted by Crippen LogP contribution is -2.57. The Morgan fingerprint density at radius 3 is 2.50 bits per heavy atom. The van der Waals surface area contributed by atoms with E-state index in [2.05, 4.69) is 6.92 Å². The van der Waals surface area contributed by atoms with Crippen molar-refractivity contribution in [2.24, 2.45) is 23.7 Å². The second kappa shape index (κ2) is 6.42. The van der Waals surface area contributed by atoms with Crippen molar-refractivity contribution in [3.63, 3.8) is 0 Å². The normalized spacial score (nSPS) is 39.5. The Kier molecular flexibility index (Phi) is 4.72. The number of hydrogen-bond donors (Lipinski definition) is 0. The molecular formula is C17H26F2O3. The largest absolute Gasteiger partial charge is 0.459 e. The van der Waals surface area contributed by atoms with Crippen LogP contribution in [0.1, 0.15) is 51.9 Å². The quantitative estimate of drug-likeness (QED) is 0.529. The molecule has 0 heterocycles. The number of esters is 1. The average molecular weight is 316 g/mol. The van der Waals surface area contributed by atoms with Crippen LogP contribution in [-0.4, -0.2) is 31.2 Å². The van der Waals surface area contributed by atoms with Crippen molar-refractivity contribution in [1.82, 2.24) is 0 Å². The maximum absolute atomic E-state index is 12.3. The maximum atomic E-state index is 12.3. The molecule has 0 amide bonds. The highest BCUT2D eigenvalue weighted by Crippen LogP contribution is 2.59. The molecule has 0 saturated heterocycles. The molecule has 4 bridgehead atoms. The Labute approximate surface area is 130 Å². The van der Waals surface area contributed by atoms with Gasteiger partial charge in [-0.05, 0) is 56.3 Å². The van der Waals surface area contributed by atoms with Crippen molar-refractivity contribution in [3.05, 3.63) is 0 Å². The minimum absolute atomic E-state index is 0.0504. The first-order valence-corrected chi connectivity index (χ1v) is 8.62. The van der Waals surface area contributed by atoms with Crippen LogP contribution in [0.15, 0.2) is 0 Å². The minimum atomic E-state index is -2.58. The predicted molar refractivity (Wildman–Crippen MR) is 77.6 cm³/mol. The second-order valence-electron chi connectivity index (χ2n) is 7.40. The lowest BCUT2D eigenvalue weighted by atomic mass is 9.50. The topological polar surface area (TPSA) is 35.5 Å². The molecule has 0 aromatic heterocycles. The Hall–Kier alpha value is -0.710. The fraction of sp³-hybridized carbons (Fsp3) is 0.941. The third-order valence-corrected chi connectivity index (χ3v) is 5.75. The van der Waals surface area contributed by atoms with Crippen molar-refractivity contribution in [2.45, 2.75) is 63.9 Å². The highest BCUT2D eigenvalue weighted by atomic mass is 19.3. The van der Waals surface area contributed by atoms with Gasteiger partial charge in [0.1, 0.15) is 0 Å². The molecule has 0 spiro atoms.